The summed E-state index contributed by atoms with van der Waals surface area (Å²) in [5.74, 6) is 0.471. The molecule has 0 saturated carbocycles. The lowest BCUT2D eigenvalue weighted by Gasteiger charge is -2.39. The fraction of sp³-hybridized carbons (Fsp3) is 0.458. The highest BCUT2D eigenvalue weighted by atomic mass is 16.5. The summed E-state index contributed by atoms with van der Waals surface area (Å²) >= 11 is 0. The summed E-state index contributed by atoms with van der Waals surface area (Å²) in [4.78, 5) is 32.6. The molecule has 3 heterocycles. The highest BCUT2D eigenvalue weighted by molar-refractivity contribution is 5.94. The van der Waals surface area contributed by atoms with Gasteiger partial charge in [0, 0.05) is 50.9 Å². The standard InChI is InChI=1S/C24H30N4O4/c1-24(2,31)23(30)27-12-9-21(10-13-27)32-20-7-5-18(6-8-20)26-22(29)17-15-28(16-17)19-4-3-11-25-14-19/h3-8,11,14,17,21,31H,9-10,12-13,15-16H2,1-2H3,(H,26,29). The molecule has 0 radical (unpaired) electrons. The van der Waals surface area contributed by atoms with Gasteiger partial charge in [-0.1, -0.05) is 0 Å². The molecule has 1 aromatic heterocycles. The zero-order chi connectivity index (χ0) is 22.7. The number of aromatic nitrogens is 1. The van der Waals surface area contributed by atoms with Crippen molar-refractivity contribution in [2.75, 3.05) is 36.4 Å². The second-order valence-electron chi connectivity index (χ2n) is 9.00. The Bertz CT molecular complexity index is 929. The van der Waals surface area contributed by atoms with Gasteiger partial charge in [0.1, 0.15) is 17.5 Å². The normalized spacial score (nSPS) is 17.6. The number of amides is 2. The van der Waals surface area contributed by atoms with Gasteiger partial charge in [0.15, 0.2) is 0 Å². The van der Waals surface area contributed by atoms with E-state index in [1.165, 1.54) is 13.8 Å². The number of carbonyl (C=O) groups excluding carboxylic acids is 2. The van der Waals surface area contributed by atoms with Crippen LogP contribution >= 0.6 is 0 Å². The minimum atomic E-state index is -1.34. The minimum absolute atomic E-state index is 0.0163. The molecule has 2 fully saturated rings. The van der Waals surface area contributed by atoms with E-state index < -0.39 is 5.60 Å². The van der Waals surface area contributed by atoms with Gasteiger partial charge >= 0.3 is 0 Å². The van der Waals surface area contributed by atoms with Crippen molar-refractivity contribution in [2.24, 2.45) is 5.92 Å². The number of aliphatic hydroxyl groups is 1. The van der Waals surface area contributed by atoms with Gasteiger partial charge in [-0.25, -0.2) is 0 Å². The van der Waals surface area contributed by atoms with Crippen LogP contribution in [0.15, 0.2) is 48.8 Å². The largest absolute Gasteiger partial charge is 0.490 e. The van der Waals surface area contributed by atoms with Gasteiger partial charge in [-0.15, -0.1) is 0 Å². The van der Waals surface area contributed by atoms with Gasteiger partial charge in [0.05, 0.1) is 17.8 Å². The first-order valence-corrected chi connectivity index (χ1v) is 11.0. The molecule has 2 aliphatic heterocycles. The zero-order valence-corrected chi connectivity index (χ0v) is 18.5. The number of nitrogens with zero attached hydrogens (tertiary/aromatic N) is 3. The van der Waals surface area contributed by atoms with Crippen molar-refractivity contribution < 1.29 is 19.4 Å². The van der Waals surface area contributed by atoms with Gasteiger partial charge in [-0.05, 0) is 50.2 Å². The summed E-state index contributed by atoms with van der Waals surface area (Å²) in [5, 5.41) is 12.9. The summed E-state index contributed by atoms with van der Waals surface area (Å²) < 4.78 is 6.05. The smallest absolute Gasteiger partial charge is 0.253 e. The average molecular weight is 439 g/mol. The highest BCUT2D eigenvalue weighted by Crippen LogP contribution is 2.26. The second-order valence-corrected chi connectivity index (χ2v) is 9.00. The molecular weight excluding hydrogens is 408 g/mol. The Labute approximate surface area is 188 Å². The monoisotopic (exact) mass is 438 g/mol. The third kappa shape index (κ3) is 5.19. The van der Waals surface area contributed by atoms with E-state index in [2.05, 4.69) is 15.2 Å². The third-order valence-corrected chi connectivity index (χ3v) is 5.94. The minimum Gasteiger partial charge on any atom is -0.490 e. The molecule has 2 N–H and O–H groups in total. The van der Waals surface area contributed by atoms with Crippen LogP contribution in [0.5, 0.6) is 5.75 Å². The molecule has 2 saturated heterocycles. The number of ether oxygens (including phenoxy) is 1. The number of likely N-dealkylation sites (tertiary alicyclic amines) is 1. The van der Waals surface area contributed by atoms with E-state index >= 15 is 0 Å². The maximum atomic E-state index is 12.5. The lowest BCUT2D eigenvalue weighted by molar-refractivity contribution is -0.149. The van der Waals surface area contributed by atoms with E-state index in [4.69, 9.17) is 4.74 Å². The SMILES string of the molecule is CC(C)(O)C(=O)N1CCC(Oc2ccc(NC(=O)C3CN(c4cccnc4)C3)cc2)CC1. The second kappa shape index (κ2) is 9.16. The van der Waals surface area contributed by atoms with Crippen LogP contribution in [0.3, 0.4) is 0 Å². The predicted octanol–water partition coefficient (Wildman–Crippen LogP) is 2.30. The number of hydrogen-bond donors (Lipinski definition) is 2. The van der Waals surface area contributed by atoms with E-state index in [9.17, 15) is 14.7 Å². The Morgan fingerprint density at radius 3 is 2.41 bits per heavy atom. The number of benzene rings is 1. The maximum absolute atomic E-state index is 12.5. The van der Waals surface area contributed by atoms with Crippen molar-refractivity contribution in [1.82, 2.24) is 9.88 Å². The first-order valence-electron chi connectivity index (χ1n) is 11.0. The molecule has 4 rings (SSSR count). The van der Waals surface area contributed by atoms with Crippen LogP contribution in [0.25, 0.3) is 0 Å². The molecule has 8 heteroatoms. The predicted molar refractivity (Wildman–Crippen MR) is 122 cm³/mol. The van der Waals surface area contributed by atoms with Gasteiger partial charge in [0.2, 0.25) is 5.91 Å². The van der Waals surface area contributed by atoms with E-state index in [1.54, 1.807) is 11.1 Å². The molecular formula is C24H30N4O4. The number of pyridine rings is 1. The van der Waals surface area contributed by atoms with Gasteiger partial charge in [0.25, 0.3) is 5.91 Å². The molecule has 0 unspecified atom stereocenters. The quantitative estimate of drug-likeness (QED) is 0.719. The van der Waals surface area contributed by atoms with Crippen LogP contribution in [0, 0.1) is 5.92 Å². The van der Waals surface area contributed by atoms with Crippen molar-refractivity contribution in [3.05, 3.63) is 48.8 Å². The first kappa shape index (κ1) is 22.1. The first-order chi connectivity index (χ1) is 15.3. The van der Waals surface area contributed by atoms with Crippen LogP contribution in [0.4, 0.5) is 11.4 Å². The number of rotatable bonds is 6. The summed E-state index contributed by atoms with van der Waals surface area (Å²) in [7, 11) is 0. The fourth-order valence-corrected chi connectivity index (χ4v) is 4.01. The van der Waals surface area contributed by atoms with Gasteiger partial charge in [-0.3, -0.25) is 14.6 Å². The molecule has 170 valence electrons. The van der Waals surface area contributed by atoms with E-state index in [0.717, 1.165) is 30.0 Å². The van der Waals surface area contributed by atoms with E-state index in [-0.39, 0.29) is 23.8 Å². The topological polar surface area (TPSA) is 95.0 Å². The lowest BCUT2D eigenvalue weighted by Crippen LogP contribution is -2.52. The molecule has 8 nitrogen and oxygen atoms in total. The zero-order valence-electron chi connectivity index (χ0n) is 18.5. The summed E-state index contributed by atoms with van der Waals surface area (Å²) in [6.07, 6.45) is 5.00. The van der Waals surface area contributed by atoms with Crippen molar-refractivity contribution >= 4 is 23.2 Å². The molecule has 2 aromatic rings. The Kier molecular flexibility index (Phi) is 6.32. The summed E-state index contributed by atoms with van der Waals surface area (Å²) in [6, 6.07) is 11.3. The third-order valence-electron chi connectivity index (χ3n) is 5.94. The van der Waals surface area contributed by atoms with Crippen molar-refractivity contribution in [3.63, 3.8) is 0 Å². The van der Waals surface area contributed by atoms with Crippen molar-refractivity contribution in [3.8, 4) is 5.75 Å². The maximum Gasteiger partial charge on any atom is 0.253 e. The average Bonchev–Trinajstić information content (AvgIpc) is 2.74. The summed E-state index contributed by atoms with van der Waals surface area (Å²) in [6.45, 7) is 5.54. The Balaban J connectivity index is 1.21. The van der Waals surface area contributed by atoms with Crippen LogP contribution in [0.1, 0.15) is 26.7 Å². The fourth-order valence-electron chi connectivity index (χ4n) is 4.01. The Morgan fingerprint density at radius 1 is 1.12 bits per heavy atom. The number of anilines is 2. The Hall–Kier alpha value is -3.13. The lowest BCUT2D eigenvalue weighted by atomic mass is 9.98. The number of nitrogens with one attached hydrogen (secondary N) is 1. The molecule has 2 amide bonds. The number of hydrogen-bond acceptors (Lipinski definition) is 6. The Morgan fingerprint density at radius 2 is 1.81 bits per heavy atom. The van der Waals surface area contributed by atoms with Crippen LogP contribution < -0.4 is 15.0 Å². The van der Waals surface area contributed by atoms with Crippen LogP contribution in [0.2, 0.25) is 0 Å². The van der Waals surface area contributed by atoms with E-state index in [0.29, 0.717) is 26.2 Å². The van der Waals surface area contributed by atoms with E-state index in [1.807, 2.05) is 42.6 Å². The van der Waals surface area contributed by atoms with Crippen molar-refractivity contribution in [2.45, 2.75) is 38.4 Å². The van der Waals surface area contributed by atoms with Crippen molar-refractivity contribution in [1.29, 1.82) is 0 Å². The van der Waals surface area contributed by atoms with Crippen LogP contribution in [-0.2, 0) is 9.59 Å². The van der Waals surface area contributed by atoms with Gasteiger partial charge < -0.3 is 25.0 Å². The summed E-state index contributed by atoms with van der Waals surface area (Å²) in [5.41, 5.74) is 0.436. The molecule has 2 aliphatic rings. The van der Waals surface area contributed by atoms with Gasteiger partial charge in [-0.2, -0.15) is 0 Å². The molecule has 0 spiro atoms. The number of carbonyl (C=O) groups is 2. The van der Waals surface area contributed by atoms with Crippen LogP contribution in [-0.4, -0.2) is 64.7 Å². The molecule has 0 aliphatic carbocycles. The molecule has 32 heavy (non-hydrogen) atoms. The highest BCUT2D eigenvalue weighted by Gasteiger charge is 2.33. The number of piperidine rings is 1. The molecule has 0 bridgehead atoms. The molecule has 0 atom stereocenters. The molecule has 1 aromatic carbocycles.